The van der Waals surface area contributed by atoms with E-state index in [2.05, 4.69) is 45.3 Å². The van der Waals surface area contributed by atoms with E-state index in [1.807, 2.05) is 37.4 Å². The zero-order valence-electron chi connectivity index (χ0n) is 23.9. The van der Waals surface area contributed by atoms with Gasteiger partial charge in [-0.2, -0.15) is 5.10 Å². The van der Waals surface area contributed by atoms with Gasteiger partial charge in [0.2, 0.25) is 11.8 Å². The lowest BCUT2D eigenvalue weighted by molar-refractivity contribution is -0.134. The maximum atomic E-state index is 12.5. The number of anilines is 1. The fraction of sp³-hybridized carbons (Fsp3) is 0.655. The van der Waals surface area contributed by atoms with Gasteiger partial charge in [0.1, 0.15) is 5.60 Å². The summed E-state index contributed by atoms with van der Waals surface area (Å²) in [5.41, 5.74) is 2.45. The molecule has 1 N–H and O–H groups in total. The van der Waals surface area contributed by atoms with Crippen molar-refractivity contribution in [3.63, 3.8) is 0 Å². The van der Waals surface area contributed by atoms with Gasteiger partial charge >= 0.3 is 6.09 Å². The van der Waals surface area contributed by atoms with Crippen LogP contribution in [0.5, 0.6) is 0 Å². The van der Waals surface area contributed by atoms with Crippen molar-refractivity contribution in [3.8, 4) is 0 Å². The van der Waals surface area contributed by atoms with Crippen LogP contribution in [0.15, 0.2) is 18.2 Å². The number of ether oxygens (including phenoxy) is 1. The summed E-state index contributed by atoms with van der Waals surface area (Å²) in [5.74, 6) is 0.163. The van der Waals surface area contributed by atoms with Crippen molar-refractivity contribution < 1.29 is 19.1 Å². The molecule has 3 atom stereocenters. The Bertz CT molecular complexity index is 1240. The average molecular weight is 539 g/mol. The smallest absolute Gasteiger partial charge is 0.410 e. The van der Waals surface area contributed by atoms with E-state index in [1.54, 1.807) is 0 Å². The van der Waals surface area contributed by atoms with Crippen molar-refractivity contribution >= 4 is 34.5 Å². The van der Waals surface area contributed by atoms with Crippen molar-refractivity contribution in [2.45, 2.75) is 58.5 Å². The SMILES string of the molecule is C[C@H]1CN(C(=O)OC(C)(C)C)CC[C@@H]1CN1CCN(c2ccc3c(C4CCC(=O)NC4=O)nn(C)c3c2)CC1. The van der Waals surface area contributed by atoms with Gasteiger partial charge in [0.05, 0.1) is 17.1 Å². The summed E-state index contributed by atoms with van der Waals surface area (Å²) in [6.07, 6.45) is 1.65. The molecule has 1 aromatic carbocycles. The Balaban J connectivity index is 1.16. The third kappa shape index (κ3) is 6.05. The number of amides is 3. The number of carbonyl (C=O) groups excluding carboxylic acids is 3. The van der Waals surface area contributed by atoms with Crippen LogP contribution in [-0.4, -0.2) is 88.9 Å². The molecule has 3 aliphatic rings. The molecule has 3 saturated heterocycles. The van der Waals surface area contributed by atoms with E-state index in [-0.39, 0.29) is 23.8 Å². The van der Waals surface area contributed by atoms with Crippen molar-refractivity contribution in [1.29, 1.82) is 0 Å². The van der Waals surface area contributed by atoms with Crippen LogP contribution in [0.4, 0.5) is 10.5 Å². The molecule has 3 aliphatic heterocycles. The molecule has 39 heavy (non-hydrogen) atoms. The molecule has 212 valence electrons. The zero-order chi connectivity index (χ0) is 27.9. The van der Waals surface area contributed by atoms with Gasteiger partial charge in [0, 0.05) is 70.4 Å². The number of piperazine rings is 1. The summed E-state index contributed by atoms with van der Waals surface area (Å²) in [5, 5.41) is 8.10. The second-order valence-electron chi connectivity index (χ2n) is 12.5. The third-order valence-corrected chi connectivity index (χ3v) is 8.40. The van der Waals surface area contributed by atoms with Crippen molar-refractivity contribution in [3.05, 3.63) is 23.9 Å². The summed E-state index contributed by atoms with van der Waals surface area (Å²) in [4.78, 5) is 43.4. The third-order valence-electron chi connectivity index (χ3n) is 8.40. The molecule has 3 amide bonds. The molecule has 0 saturated carbocycles. The number of benzene rings is 1. The predicted octanol–water partition coefficient (Wildman–Crippen LogP) is 3.11. The van der Waals surface area contributed by atoms with Gasteiger partial charge in [-0.1, -0.05) is 6.92 Å². The van der Waals surface area contributed by atoms with Gasteiger partial charge < -0.3 is 14.5 Å². The van der Waals surface area contributed by atoms with E-state index in [1.165, 1.54) is 5.69 Å². The average Bonchev–Trinajstić information content (AvgIpc) is 3.20. The highest BCUT2D eigenvalue weighted by molar-refractivity contribution is 6.02. The first-order valence-electron chi connectivity index (χ1n) is 14.2. The summed E-state index contributed by atoms with van der Waals surface area (Å²) < 4.78 is 7.42. The normalized spacial score (nSPS) is 25.2. The molecule has 0 radical (unpaired) electrons. The Morgan fingerprint density at radius 2 is 1.85 bits per heavy atom. The van der Waals surface area contributed by atoms with Gasteiger partial charge in [-0.25, -0.2) is 4.79 Å². The van der Waals surface area contributed by atoms with E-state index >= 15 is 0 Å². The van der Waals surface area contributed by atoms with Gasteiger partial charge in [-0.3, -0.25) is 24.5 Å². The molecule has 3 fully saturated rings. The zero-order valence-corrected chi connectivity index (χ0v) is 23.9. The number of hydrogen-bond donors (Lipinski definition) is 1. The van der Waals surface area contributed by atoms with Gasteiger partial charge in [0.15, 0.2) is 0 Å². The molecule has 4 heterocycles. The van der Waals surface area contributed by atoms with Crippen molar-refractivity contribution in [1.82, 2.24) is 24.9 Å². The largest absolute Gasteiger partial charge is 0.444 e. The minimum absolute atomic E-state index is 0.198. The molecule has 0 aliphatic carbocycles. The lowest BCUT2D eigenvalue weighted by Gasteiger charge is -2.42. The van der Waals surface area contributed by atoms with Crippen LogP contribution < -0.4 is 10.2 Å². The first-order valence-corrected chi connectivity index (χ1v) is 14.2. The minimum atomic E-state index is -0.464. The maximum absolute atomic E-state index is 12.5. The van der Waals surface area contributed by atoms with Crippen LogP contribution in [-0.2, 0) is 21.4 Å². The van der Waals surface area contributed by atoms with Crippen LogP contribution >= 0.6 is 0 Å². The number of aryl methyl sites for hydroxylation is 1. The summed E-state index contributed by atoms with van der Waals surface area (Å²) in [6, 6.07) is 6.37. The predicted molar refractivity (Wildman–Crippen MR) is 150 cm³/mol. The molecule has 5 rings (SSSR count). The Hall–Kier alpha value is -3.14. The molecule has 0 bridgehead atoms. The van der Waals surface area contributed by atoms with Crippen LogP contribution in [0, 0.1) is 11.8 Å². The number of imide groups is 1. The van der Waals surface area contributed by atoms with Crippen LogP contribution in [0.25, 0.3) is 10.9 Å². The molecule has 2 aromatic rings. The second-order valence-corrected chi connectivity index (χ2v) is 12.5. The monoisotopic (exact) mass is 538 g/mol. The number of piperidine rings is 2. The highest BCUT2D eigenvalue weighted by Gasteiger charge is 2.34. The van der Waals surface area contributed by atoms with Gasteiger partial charge in [-0.15, -0.1) is 0 Å². The summed E-state index contributed by atoms with van der Waals surface area (Å²) in [6.45, 7) is 14.5. The quantitative estimate of drug-likeness (QED) is 0.597. The summed E-state index contributed by atoms with van der Waals surface area (Å²) >= 11 is 0. The Kier molecular flexibility index (Phi) is 7.59. The van der Waals surface area contributed by atoms with E-state index in [0.717, 1.165) is 68.8 Å². The molecule has 1 aromatic heterocycles. The first kappa shape index (κ1) is 27.4. The van der Waals surface area contributed by atoms with Gasteiger partial charge in [-0.05, 0) is 63.6 Å². The van der Waals surface area contributed by atoms with Crippen LogP contribution in [0.2, 0.25) is 0 Å². The molecule has 1 unspecified atom stereocenters. The lowest BCUT2D eigenvalue weighted by Crippen LogP contribution is -2.51. The highest BCUT2D eigenvalue weighted by atomic mass is 16.6. The number of nitrogens with zero attached hydrogens (tertiary/aromatic N) is 5. The van der Waals surface area contributed by atoms with Crippen LogP contribution in [0.3, 0.4) is 0 Å². The summed E-state index contributed by atoms with van der Waals surface area (Å²) in [7, 11) is 1.91. The molecule has 0 spiro atoms. The Morgan fingerprint density at radius 3 is 2.51 bits per heavy atom. The molecule has 10 heteroatoms. The standard InChI is InChI=1S/C29H42N6O4/c1-19-17-35(28(38)39-29(2,3)4)11-10-20(19)18-33-12-14-34(15-13-33)21-6-7-22-24(16-21)32(5)31-26(22)23-8-9-25(36)30-27(23)37/h6-7,16,19-20,23H,8-15,17-18H2,1-5H3,(H,30,36,37)/t19-,20+,23?/m0/s1. The van der Waals surface area contributed by atoms with Gasteiger partial charge in [0.25, 0.3) is 0 Å². The minimum Gasteiger partial charge on any atom is -0.444 e. The number of carbonyl (C=O) groups is 3. The number of rotatable bonds is 4. The fourth-order valence-corrected chi connectivity index (χ4v) is 6.16. The second kappa shape index (κ2) is 10.8. The first-order chi connectivity index (χ1) is 18.5. The Labute approximate surface area is 230 Å². The fourth-order valence-electron chi connectivity index (χ4n) is 6.16. The number of hydrogen-bond acceptors (Lipinski definition) is 7. The highest BCUT2D eigenvalue weighted by Crippen LogP contribution is 2.33. The van der Waals surface area contributed by atoms with E-state index in [0.29, 0.717) is 24.7 Å². The van der Waals surface area contributed by atoms with Crippen molar-refractivity contribution in [2.75, 3.05) is 50.7 Å². The van der Waals surface area contributed by atoms with Crippen molar-refractivity contribution in [2.24, 2.45) is 18.9 Å². The lowest BCUT2D eigenvalue weighted by atomic mass is 9.86. The Morgan fingerprint density at radius 1 is 1.10 bits per heavy atom. The molecule has 10 nitrogen and oxygen atoms in total. The van der Waals surface area contributed by atoms with E-state index < -0.39 is 5.60 Å². The topological polar surface area (TPSA) is 100 Å². The molecular weight excluding hydrogens is 496 g/mol. The number of aromatic nitrogens is 2. The van der Waals surface area contributed by atoms with Crippen LogP contribution in [0.1, 0.15) is 58.6 Å². The van der Waals surface area contributed by atoms with E-state index in [4.69, 9.17) is 4.74 Å². The number of likely N-dealkylation sites (tertiary alicyclic amines) is 1. The maximum Gasteiger partial charge on any atom is 0.410 e. The number of nitrogens with one attached hydrogen (secondary N) is 1. The number of fused-ring (bicyclic) bond motifs is 1. The van der Waals surface area contributed by atoms with E-state index in [9.17, 15) is 14.4 Å². The molecular formula is C29H42N6O4.